The van der Waals surface area contributed by atoms with Crippen LogP contribution in [0.15, 0.2) is 12.2 Å². The third kappa shape index (κ3) is 2.58. The number of halogens is 1. The third-order valence-electron chi connectivity index (χ3n) is 5.42. The van der Waals surface area contributed by atoms with Crippen molar-refractivity contribution in [3.8, 4) is 0 Å². The summed E-state index contributed by atoms with van der Waals surface area (Å²) in [7, 11) is 1.32. The molecule has 6 heteroatoms. The molecule has 0 bridgehead atoms. The first-order valence-corrected chi connectivity index (χ1v) is 9.07. The van der Waals surface area contributed by atoms with Crippen LogP contribution in [0.5, 0.6) is 0 Å². The molecular formula is C16H23IO5. The van der Waals surface area contributed by atoms with Gasteiger partial charge in [-0.1, -0.05) is 43.0 Å². The second kappa shape index (κ2) is 6.47. The molecule has 0 aromatic heterocycles. The number of carbonyl (C=O) groups excluding carboxylic acids is 2. The number of fused-ring (bicyclic) bond motifs is 1. The number of methoxy groups -OCH3 is 1. The number of alkyl halides is 1. The van der Waals surface area contributed by atoms with Crippen molar-refractivity contribution in [1.29, 1.82) is 0 Å². The van der Waals surface area contributed by atoms with E-state index in [1.807, 2.05) is 6.92 Å². The predicted molar refractivity (Wildman–Crippen MR) is 89.4 cm³/mol. The Bertz CT molecular complexity index is 485. The Morgan fingerprint density at radius 2 is 2.23 bits per heavy atom. The summed E-state index contributed by atoms with van der Waals surface area (Å²) < 4.78 is 11.1. The molecule has 0 radical (unpaired) electrons. The van der Waals surface area contributed by atoms with Crippen LogP contribution in [-0.2, 0) is 19.1 Å². The summed E-state index contributed by atoms with van der Waals surface area (Å²) in [6.07, 6.45) is 0.188. The lowest BCUT2D eigenvalue weighted by molar-refractivity contribution is -0.152. The first-order chi connectivity index (χ1) is 10.3. The maximum Gasteiger partial charge on any atom is 0.333 e. The van der Waals surface area contributed by atoms with E-state index in [2.05, 4.69) is 29.2 Å². The van der Waals surface area contributed by atoms with Crippen molar-refractivity contribution in [2.45, 2.75) is 38.9 Å². The predicted octanol–water partition coefficient (Wildman–Crippen LogP) is 2.11. The quantitative estimate of drug-likeness (QED) is 0.325. The van der Waals surface area contributed by atoms with Crippen LogP contribution in [0.1, 0.15) is 26.7 Å². The fourth-order valence-corrected chi connectivity index (χ4v) is 5.38. The number of hydrogen-bond donors (Lipinski definition) is 1. The van der Waals surface area contributed by atoms with Gasteiger partial charge in [0.2, 0.25) is 0 Å². The van der Waals surface area contributed by atoms with Gasteiger partial charge in [-0.2, -0.15) is 0 Å². The zero-order valence-electron chi connectivity index (χ0n) is 13.2. The maximum atomic E-state index is 12.0. The zero-order chi connectivity index (χ0) is 16.7. The Morgan fingerprint density at radius 1 is 1.59 bits per heavy atom. The van der Waals surface area contributed by atoms with Gasteiger partial charge in [0.1, 0.15) is 6.10 Å². The van der Waals surface area contributed by atoms with Crippen molar-refractivity contribution < 1.29 is 24.2 Å². The van der Waals surface area contributed by atoms with Gasteiger partial charge in [-0.15, -0.1) is 0 Å². The molecule has 124 valence electrons. The van der Waals surface area contributed by atoms with Crippen molar-refractivity contribution in [2.24, 2.45) is 23.2 Å². The van der Waals surface area contributed by atoms with Gasteiger partial charge in [-0.05, 0) is 18.3 Å². The van der Waals surface area contributed by atoms with Crippen molar-refractivity contribution >= 4 is 34.5 Å². The Morgan fingerprint density at radius 3 is 2.73 bits per heavy atom. The van der Waals surface area contributed by atoms with E-state index in [0.717, 1.165) is 10.8 Å². The van der Waals surface area contributed by atoms with E-state index in [4.69, 9.17) is 9.47 Å². The highest BCUT2D eigenvalue weighted by Crippen LogP contribution is 2.55. The molecular weight excluding hydrogens is 399 g/mol. The van der Waals surface area contributed by atoms with Crippen LogP contribution in [0, 0.1) is 23.2 Å². The highest BCUT2D eigenvalue weighted by Gasteiger charge is 2.60. The van der Waals surface area contributed by atoms with Gasteiger partial charge in [0.25, 0.3) is 0 Å². The van der Waals surface area contributed by atoms with Crippen LogP contribution >= 0.6 is 22.6 Å². The van der Waals surface area contributed by atoms with E-state index in [0.29, 0.717) is 12.0 Å². The van der Waals surface area contributed by atoms with E-state index in [1.54, 1.807) is 6.92 Å². The molecule has 1 saturated carbocycles. The minimum absolute atomic E-state index is 0.290. The summed E-state index contributed by atoms with van der Waals surface area (Å²) in [4.78, 5) is 24.0. The zero-order valence-corrected chi connectivity index (χ0v) is 15.3. The first kappa shape index (κ1) is 17.7. The van der Waals surface area contributed by atoms with Gasteiger partial charge in [-0.3, -0.25) is 4.79 Å². The number of aliphatic hydroxyl groups excluding tert-OH is 1. The van der Waals surface area contributed by atoms with Gasteiger partial charge in [0.15, 0.2) is 0 Å². The summed E-state index contributed by atoms with van der Waals surface area (Å²) in [6, 6.07) is 0. The minimum Gasteiger partial charge on any atom is -0.466 e. The summed E-state index contributed by atoms with van der Waals surface area (Å²) in [5.74, 6) is -1.75. The van der Waals surface area contributed by atoms with Crippen LogP contribution in [0.25, 0.3) is 0 Å². The number of ether oxygens (including phenoxy) is 2. The second-order valence-electron chi connectivity index (χ2n) is 6.38. The molecule has 0 spiro atoms. The average molecular weight is 422 g/mol. The lowest BCUT2D eigenvalue weighted by Crippen LogP contribution is -2.54. The number of carbonyl (C=O) groups is 2. The van der Waals surface area contributed by atoms with E-state index < -0.39 is 18.2 Å². The van der Waals surface area contributed by atoms with E-state index >= 15 is 0 Å². The molecule has 1 aliphatic carbocycles. The molecule has 1 heterocycles. The lowest BCUT2D eigenvalue weighted by atomic mass is 9.57. The summed E-state index contributed by atoms with van der Waals surface area (Å²) >= 11 is 2.27. The van der Waals surface area contributed by atoms with Gasteiger partial charge in [0, 0.05) is 21.8 Å². The molecule has 22 heavy (non-hydrogen) atoms. The molecule has 5 nitrogen and oxygen atoms in total. The van der Waals surface area contributed by atoms with Gasteiger partial charge >= 0.3 is 11.9 Å². The summed E-state index contributed by atoms with van der Waals surface area (Å²) in [5, 5.41) is 10.6. The molecule has 0 unspecified atom stereocenters. The molecule has 0 aromatic carbocycles. The summed E-state index contributed by atoms with van der Waals surface area (Å²) in [6.45, 7) is 7.73. The number of esters is 2. The van der Waals surface area contributed by atoms with Crippen molar-refractivity contribution in [1.82, 2.24) is 0 Å². The molecule has 1 saturated heterocycles. The minimum atomic E-state index is -0.608. The normalized spacial score (nSPS) is 40.8. The monoisotopic (exact) mass is 422 g/mol. The Hall–Kier alpha value is -0.630. The average Bonchev–Trinajstić information content (AvgIpc) is 2.81. The smallest absolute Gasteiger partial charge is 0.333 e. The number of rotatable bonds is 4. The Labute approximate surface area is 144 Å². The van der Waals surface area contributed by atoms with Crippen molar-refractivity contribution in [3.05, 3.63) is 12.2 Å². The maximum absolute atomic E-state index is 12.0. The van der Waals surface area contributed by atoms with Gasteiger partial charge in [0.05, 0.1) is 19.1 Å². The van der Waals surface area contributed by atoms with Crippen LogP contribution in [-0.4, -0.2) is 40.8 Å². The highest BCUT2D eigenvalue weighted by molar-refractivity contribution is 14.1. The molecule has 2 fully saturated rings. The molecule has 2 aliphatic rings. The van der Waals surface area contributed by atoms with Gasteiger partial charge < -0.3 is 14.6 Å². The summed E-state index contributed by atoms with van der Waals surface area (Å²) in [5.41, 5.74) is 0.0151. The van der Waals surface area contributed by atoms with Crippen LogP contribution in [0.3, 0.4) is 0 Å². The first-order valence-electron chi connectivity index (χ1n) is 7.54. The van der Waals surface area contributed by atoms with Crippen LogP contribution < -0.4 is 0 Å². The molecule has 6 atom stereocenters. The molecule has 0 aromatic rings. The second-order valence-corrected chi connectivity index (χ2v) is 7.15. The highest BCUT2D eigenvalue weighted by atomic mass is 127. The van der Waals surface area contributed by atoms with Crippen LogP contribution in [0.2, 0.25) is 0 Å². The molecule has 2 rings (SSSR count). The Kier molecular flexibility index (Phi) is 5.21. The van der Waals surface area contributed by atoms with E-state index in [9.17, 15) is 14.7 Å². The number of aliphatic hydroxyl groups is 1. The molecule has 1 aliphatic heterocycles. The van der Waals surface area contributed by atoms with E-state index in [1.165, 1.54) is 7.11 Å². The van der Waals surface area contributed by atoms with E-state index in [-0.39, 0.29) is 29.1 Å². The largest absolute Gasteiger partial charge is 0.466 e. The topological polar surface area (TPSA) is 72.8 Å². The fourth-order valence-electron chi connectivity index (χ4n) is 4.05. The number of hydrogen-bond acceptors (Lipinski definition) is 5. The molecule has 1 N–H and O–H groups in total. The Balaban J connectivity index is 2.48. The van der Waals surface area contributed by atoms with Crippen molar-refractivity contribution in [2.75, 3.05) is 11.5 Å². The lowest BCUT2D eigenvalue weighted by Gasteiger charge is -2.50. The van der Waals surface area contributed by atoms with Crippen LogP contribution in [0.4, 0.5) is 0 Å². The van der Waals surface area contributed by atoms with Crippen molar-refractivity contribution in [3.63, 3.8) is 0 Å². The SMILES string of the molecule is C=C(C(=O)OC)[C@@H]1[C@H]2OC(=O)[C@@H](C)[C@@H]2[C@H](O)C[C@]1(CC)CI. The van der Waals surface area contributed by atoms with Gasteiger partial charge in [-0.25, -0.2) is 4.79 Å². The fraction of sp³-hybridized carbons (Fsp3) is 0.750. The molecule has 0 amide bonds. The standard InChI is InChI=1S/C16H23IO5/c1-5-16(7-17)6-10(18)11-8(2)15(20)22-13(11)12(16)9(3)14(19)21-4/h8,10-13,18H,3,5-7H2,1-2,4H3/t8-,10+,11+,12+,13-,16+/m0/s1. The third-order valence-corrected chi connectivity index (χ3v) is 6.94.